The maximum Gasteiger partial charge on any atom is 1.00 e. The Morgan fingerprint density at radius 3 is 2.16 bits per heavy atom. The van der Waals surface area contributed by atoms with Gasteiger partial charge in [-0.25, -0.2) is 21.8 Å². The molecule has 3 aliphatic rings. The molecule has 4 aromatic carbocycles. The zero-order valence-electron chi connectivity index (χ0n) is 32.4. The van der Waals surface area contributed by atoms with Crippen LogP contribution in [0, 0.1) is 16.7 Å². The van der Waals surface area contributed by atoms with Gasteiger partial charge in [0.05, 0.1) is 26.2 Å². The van der Waals surface area contributed by atoms with E-state index in [1.54, 1.807) is 0 Å². The van der Waals surface area contributed by atoms with Gasteiger partial charge in [-0.15, -0.1) is 0 Å². The van der Waals surface area contributed by atoms with Crippen molar-refractivity contribution >= 4 is 71.0 Å². The van der Waals surface area contributed by atoms with Gasteiger partial charge < -0.3 is 14.4 Å². The molecule has 0 aromatic heterocycles. The Bertz CT molecular complexity index is 2570. The summed E-state index contributed by atoms with van der Waals surface area (Å²) in [5, 5.41) is 8.48. The number of fused-ring (bicyclic) bond motifs is 6. The molecule has 4 aromatic rings. The van der Waals surface area contributed by atoms with Gasteiger partial charge in [-0.1, -0.05) is 112 Å². The van der Waals surface area contributed by atoms with Crippen LogP contribution in [0.1, 0.15) is 76.3 Å². The van der Waals surface area contributed by atoms with Crippen molar-refractivity contribution in [1.82, 2.24) is 0 Å². The topological polar surface area (TPSA) is 140 Å². The Labute approximate surface area is 357 Å². The summed E-state index contributed by atoms with van der Waals surface area (Å²) in [4.78, 5) is 3.40. The maximum absolute atomic E-state index is 12.4. The standard InChI is InChI=1S/C44H47ClN2O6S2.Na/c1-43(2,24-25-54(48,49)50)41-38(47-37-22-18-29-11-6-8-15-34(29)40(37)41)23-19-31-13-9-12-30(42(31)45)16-20-32(27-55(51,52)53)44(3,4)35-26-46-36-21-17-28-10-5-7-14-33(28)39(35)36;/h5-8,10-11,14-23,26,32,35,41,47H,9,12-13,24-25,27H2,1-4H3,(H,48,49,50)(H,51,52,53);/q;+1/p-1. The quantitative estimate of drug-likeness (QED) is 0.155. The van der Waals surface area contributed by atoms with Gasteiger partial charge in [0.25, 0.3) is 0 Å². The second-order valence-electron chi connectivity index (χ2n) is 16.4. The van der Waals surface area contributed by atoms with E-state index in [0.717, 1.165) is 73.7 Å². The third-order valence-electron chi connectivity index (χ3n) is 11.9. The van der Waals surface area contributed by atoms with Crippen LogP contribution in [0.15, 0.2) is 119 Å². The van der Waals surface area contributed by atoms with E-state index in [9.17, 15) is 25.9 Å². The monoisotopic (exact) mass is 820 g/mol. The first-order chi connectivity index (χ1) is 25.9. The van der Waals surface area contributed by atoms with Crippen LogP contribution in [0.25, 0.3) is 21.5 Å². The van der Waals surface area contributed by atoms with Gasteiger partial charge in [0.15, 0.2) is 6.21 Å². The first kappa shape index (κ1) is 42.5. The van der Waals surface area contributed by atoms with E-state index in [2.05, 4.69) is 46.7 Å². The van der Waals surface area contributed by atoms with Gasteiger partial charge in [0.1, 0.15) is 0 Å². The van der Waals surface area contributed by atoms with Gasteiger partial charge in [-0.2, -0.15) is 0 Å². The molecule has 3 unspecified atom stereocenters. The zero-order valence-corrected chi connectivity index (χ0v) is 36.8. The molecule has 2 heterocycles. The smallest absolute Gasteiger partial charge is 0.748 e. The predicted octanol–water partition coefficient (Wildman–Crippen LogP) is 5.28. The molecule has 2 aliphatic heterocycles. The zero-order chi connectivity index (χ0) is 39.3. The number of halogens is 1. The third-order valence-corrected chi connectivity index (χ3v) is 13.9. The van der Waals surface area contributed by atoms with Crippen molar-refractivity contribution in [2.24, 2.45) is 16.7 Å². The summed E-state index contributed by atoms with van der Waals surface area (Å²) in [7, 11) is -8.99. The fraction of sp³-hybridized carbons (Fsp3) is 0.341. The molecule has 12 heteroatoms. The average molecular weight is 821 g/mol. The predicted molar refractivity (Wildman–Crippen MR) is 221 cm³/mol. The van der Waals surface area contributed by atoms with Gasteiger partial charge in [-0.3, -0.25) is 0 Å². The number of anilines is 1. The summed E-state index contributed by atoms with van der Waals surface area (Å²) in [5.74, 6) is -2.02. The van der Waals surface area contributed by atoms with E-state index in [-0.39, 0.29) is 47.8 Å². The molecule has 288 valence electrons. The van der Waals surface area contributed by atoms with Crippen molar-refractivity contribution in [3.63, 3.8) is 0 Å². The van der Waals surface area contributed by atoms with Crippen molar-refractivity contribution in [1.29, 1.82) is 0 Å². The first-order valence-electron chi connectivity index (χ1n) is 18.7. The molecule has 8 nitrogen and oxygen atoms in total. The van der Waals surface area contributed by atoms with E-state index in [4.69, 9.17) is 11.6 Å². The molecule has 0 amide bonds. The molecule has 1 aliphatic carbocycles. The van der Waals surface area contributed by atoms with Crippen LogP contribution in [-0.2, 0) is 20.2 Å². The third kappa shape index (κ3) is 8.83. The van der Waals surface area contributed by atoms with Crippen LogP contribution >= 0.6 is 11.6 Å². The van der Waals surface area contributed by atoms with Crippen LogP contribution in [0.3, 0.4) is 0 Å². The van der Waals surface area contributed by atoms with Crippen LogP contribution < -0.4 is 39.9 Å². The number of nitrogens with one attached hydrogen (secondary N) is 2. The number of benzene rings is 4. The Balaban J connectivity index is 0.00000532. The van der Waals surface area contributed by atoms with Crippen molar-refractivity contribution in [3.05, 3.63) is 130 Å². The summed E-state index contributed by atoms with van der Waals surface area (Å²) >= 11 is 7.13. The van der Waals surface area contributed by atoms with Crippen LogP contribution in [0.4, 0.5) is 11.4 Å². The molecule has 2 N–H and O–H groups in total. The second-order valence-corrected chi connectivity index (χ2v) is 19.7. The van der Waals surface area contributed by atoms with E-state index >= 15 is 0 Å². The Kier molecular flexibility index (Phi) is 12.4. The molecule has 0 saturated heterocycles. The minimum absolute atomic E-state index is 0. The van der Waals surface area contributed by atoms with E-state index < -0.39 is 48.5 Å². The van der Waals surface area contributed by atoms with Crippen molar-refractivity contribution in [2.45, 2.75) is 65.2 Å². The fourth-order valence-electron chi connectivity index (χ4n) is 8.78. The average Bonchev–Trinajstić information content (AvgIpc) is 3.75. The Hall–Kier alpha value is -3.06. The minimum atomic E-state index is -4.58. The molecular weight excluding hydrogens is 775 g/mol. The number of hydrogen-bond donors (Lipinski definition) is 2. The van der Waals surface area contributed by atoms with E-state index in [1.807, 2.05) is 94.6 Å². The normalized spacial score (nSPS) is 20.8. The molecule has 0 bridgehead atoms. The summed E-state index contributed by atoms with van der Waals surface area (Å²) in [6.07, 6.45) is 12.2. The van der Waals surface area contributed by atoms with Gasteiger partial charge >= 0.3 is 29.6 Å². The molecule has 3 atom stereocenters. The summed E-state index contributed by atoms with van der Waals surface area (Å²) in [6.45, 7) is 8.03. The molecule has 0 spiro atoms. The molecular formula is C44H46ClN2NaO6S2. The number of hydrogen-bond acceptors (Lipinski definition) is 7. The number of rotatable bonds is 11. The minimum Gasteiger partial charge on any atom is -0.748 e. The fourth-order valence-corrected chi connectivity index (χ4v) is 10.9. The Morgan fingerprint density at radius 2 is 1.50 bits per heavy atom. The van der Waals surface area contributed by atoms with Crippen molar-refractivity contribution in [2.75, 3.05) is 16.8 Å². The number of allylic oxidation sites excluding steroid dienone is 8. The summed E-state index contributed by atoms with van der Waals surface area (Å²) in [5.41, 5.74) is 5.48. The van der Waals surface area contributed by atoms with Crippen molar-refractivity contribution in [3.8, 4) is 0 Å². The summed E-state index contributed by atoms with van der Waals surface area (Å²) < 4.78 is 72.3. The van der Waals surface area contributed by atoms with Gasteiger partial charge in [0.2, 0.25) is 5.69 Å². The van der Waals surface area contributed by atoms with Gasteiger partial charge in [-0.05, 0) is 98.9 Å². The molecule has 0 fully saturated rings. The van der Waals surface area contributed by atoms with E-state index in [1.165, 1.54) is 0 Å². The maximum atomic E-state index is 12.4. The molecule has 56 heavy (non-hydrogen) atoms. The van der Waals surface area contributed by atoms with Gasteiger partial charge in [0, 0.05) is 45.5 Å². The van der Waals surface area contributed by atoms with E-state index in [0.29, 0.717) is 11.5 Å². The summed E-state index contributed by atoms with van der Waals surface area (Å²) in [6, 6.07) is 24.4. The SMILES string of the molecule is CC(C)(CCS(=O)(=O)[O-])C1C(=CC=C2CCCC(C=CC(CS(=O)(=O)[O-])C(C)(C)C3C=[NH+]c4ccc5ccccc5c43)=C2Cl)Nc2ccc3ccccc3c21.[Na+]. The van der Waals surface area contributed by atoms with Crippen molar-refractivity contribution < 1.29 is 60.5 Å². The van der Waals surface area contributed by atoms with Crippen LogP contribution in [0.5, 0.6) is 0 Å². The van der Waals surface area contributed by atoms with Crippen LogP contribution in [0.2, 0.25) is 0 Å². The molecule has 0 saturated carbocycles. The molecule has 7 rings (SSSR count). The first-order valence-corrected chi connectivity index (χ1v) is 22.2. The largest absolute Gasteiger partial charge is 1.00 e. The Morgan fingerprint density at radius 1 is 0.857 bits per heavy atom. The molecule has 0 radical (unpaired) electrons. The van der Waals surface area contributed by atoms with Crippen LogP contribution in [-0.4, -0.2) is 43.7 Å². The second kappa shape index (κ2) is 16.3.